The van der Waals surface area contributed by atoms with E-state index in [1.165, 1.54) is 10.9 Å². The lowest BCUT2D eigenvalue weighted by molar-refractivity contribution is 0.415. The van der Waals surface area contributed by atoms with Crippen LogP contribution in [0.15, 0.2) is 65.7 Å². The lowest BCUT2D eigenvalue weighted by Crippen LogP contribution is -2.36. The molecule has 0 fully saturated rings. The fourth-order valence-corrected chi connectivity index (χ4v) is 3.33. The van der Waals surface area contributed by atoms with Crippen molar-refractivity contribution in [3.05, 3.63) is 66.2 Å². The molecule has 120 valence electrons. The van der Waals surface area contributed by atoms with Gasteiger partial charge < -0.3 is 4.90 Å². The summed E-state index contributed by atoms with van der Waals surface area (Å²) >= 11 is 0. The molecule has 0 amide bonds. The zero-order valence-corrected chi connectivity index (χ0v) is 13.9. The van der Waals surface area contributed by atoms with Crippen molar-refractivity contribution in [2.45, 2.75) is 13.3 Å². The Morgan fingerprint density at radius 3 is 2.62 bits per heavy atom. The fraction of sp³-hybridized carbons (Fsp3) is 0.238. The van der Waals surface area contributed by atoms with Crippen molar-refractivity contribution in [1.29, 1.82) is 0 Å². The molecule has 4 rings (SSSR count). The van der Waals surface area contributed by atoms with Crippen LogP contribution in [0.4, 0.5) is 0 Å². The van der Waals surface area contributed by atoms with Crippen molar-refractivity contribution in [3.8, 4) is 11.3 Å². The van der Waals surface area contributed by atoms with E-state index in [-0.39, 0.29) is 0 Å². The van der Waals surface area contributed by atoms with Gasteiger partial charge in [0.25, 0.3) is 0 Å². The van der Waals surface area contributed by atoms with Crippen LogP contribution in [0.2, 0.25) is 0 Å². The first-order chi connectivity index (χ1) is 11.9. The number of aliphatic imine (C=N–C) groups is 1. The second-order valence-electron chi connectivity index (χ2n) is 6.08. The van der Waals surface area contributed by atoms with Crippen molar-refractivity contribution in [1.82, 2.24) is 9.88 Å². The third-order valence-corrected chi connectivity index (χ3v) is 4.56. The summed E-state index contributed by atoms with van der Waals surface area (Å²) in [5.74, 6) is 1.11. The summed E-state index contributed by atoms with van der Waals surface area (Å²) in [6.07, 6.45) is 1.13. The Hall–Kier alpha value is -2.68. The summed E-state index contributed by atoms with van der Waals surface area (Å²) in [5.41, 5.74) is 4.37. The first kappa shape index (κ1) is 14.9. The predicted molar refractivity (Wildman–Crippen MR) is 100 cm³/mol. The quantitative estimate of drug-likeness (QED) is 0.718. The summed E-state index contributed by atoms with van der Waals surface area (Å²) in [7, 11) is 0. The Kier molecular flexibility index (Phi) is 3.99. The summed E-state index contributed by atoms with van der Waals surface area (Å²) in [6, 6.07) is 20.9. The smallest absolute Gasteiger partial charge is 0.131 e. The highest BCUT2D eigenvalue weighted by atomic mass is 15.2. The number of hydrogen-bond donors (Lipinski definition) is 0. The minimum absolute atomic E-state index is 0.906. The molecule has 1 aliphatic rings. The topological polar surface area (TPSA) is 28.5 Å². The predicted octanol–water partition coefficient (Wildman–Crippen LogP) is 4.37. The normalized spacial score (nSPS) is 14.7. The molecular weight excluding hydrogens is 294 g/mol. The van der Waals surface area contributed by atoms with Gasteiger partial charge in [-0.1, -0.05) is 48.5 Å². The second-order valence-corrected chi connectivity index (χ2v) is 6.08. The van der Waals surface area contributed by atoms with E-state index >= 15 is 0 Å². The minimum Gasteiger partial charge on any atom is -0.357 e. The molecule has 0 saturated heterocycles. The van der Waals surface area contributed by atoms with Gasteiger partial charge in [-0.05, 0) is 25.5 Å². The Bertz CT molecular complexity index is 884. The van der Waals surface area contributed by atoms with Gasteiger partial charge in [0.05, 0.1) is 11.2 Å². The minimum atomic E-state index is 0.906. The van der Waals surface area contributed by atoms with Gasteiger partial charge >= 0.3 is 0 Å². The van der Waals surface area contributed by atoms with Gasteiger partial charge in [-0.3, -0.25) is 4.99 Å². The average Bonchev–Trinajstić information content (AvgIpc) is 2.68. The molecule has 3 heteroatoms. The Morgan fingerprint density at radius 1 is 1.00 bits per heavy atom. The van der Waals surface area contributed by atoms with E-state index in [0.717, 1.165) is 48.7 Å². The maximum atomic E-state index is 4.88. The molecule has 2 heterocycles. The van der Waals surface area contributed by atoms with Crippen molar-refractivity contribution in [2.75, 3.05) is 19.6 Å². The van der Waals surface area contributed by atoms with Crippen LogP contribution >= 0.6 is 0 Å². The second kappa shape index (κ2) is 6.44. The summed E-state index contributed by atoms with van der Waals surface area (Å²) in [6.45, 7) is 5.16. The highest BCUT2D eigenvalue weighted by Crippen LogP contribution is 2.26. The fourth-order valence-electron chi connectivity index (χ4n) is 3.33. The van der Waals surface area contributed by atoms with E-state index in [0.29, 0.717) is 0 Å². The van der Waals surface area contributed by atoms with Gasteiger partial charge in [0.1, 0.15) is 5.84 Å². The first-order valence-corrected chi connectivity index (χ1v) is 8.62. The summed E-state index contributed by atoms with van der Waals surface area (Å²) < 4.78 is 0. The van der Waals surface area contributed by atoms with E-state index in [9.17, 15) is 0 Å². The number of aromatic nitrogens is 1. The number of benzene rings is 2. The van der Waals surface area contributed by atoms with Crippen LogP contribution in [0.5, 0.6) is 0 Å². The van der Waals surface area contributed by atoms with Crippen LogP contribution in [-0.4, -0.2) is 35.4 Å². The monoisotopic (exact) mass is 315 g/mol. The van der Waals surface area contributed by atoms with Crippen LogP contribution in [0.3, 0.4) is 0 Å². The highest BCUT2D eigenvalue weighted by molar-refractivity contribution is 6.10. The maximum absolute atomic E-state index is 4.88. The number of rotatable bonds is 3. The molecule has 24 heavy (non-hydrogen) atoms. The Morgan fingerprint density at radius 2 is 1.79 bits per heavy atom. The van der Waals surface area contributed by atoms with E-state index in [1.807, 2.05) is 12.1 Å². The zero-order chi connectivity index (χ0) is 16.4. The summed E-state index contributed by atoms with van der Waals surface area (Å²) in [5, 5.41) is 1.18. The number of nitrogens with zero attached hydrogens (tertiary/aromatic N) is 3. The lowest BCUT2D eigenvalue weighted by atomic mass is 10.0. The van der Waals surface area contributed by atoms with E-state index < -0.39 is 0 Å². The molecule has 0 radical (unpaired) electrons. The molecule has 1 aliphatic heterocycles. The Balaban J connectivity index is 1.95. The van der Waals surface area contributed by atoms with Gasteiger partial charge in [-0.15, -0.1) is 0 Å². The Labute approximate surface area is 142 Å². The van der Waals surface area contributed by atoms with Gasteiger partial charge in [-0.25, -0.2) is 4.98 Å². The largest absolute Gasteiger partial charge is 0.357 e. The van der Waals surface area contributed by atoms with Crippen molar-refractivity contribution < 1.29 is 0 Å². The molecule has 3 nitrogen and oxygen atoms in total. The van der Waals surface area contributed by atoms with Crippen molar-refractivity contribution >= 4 is 16.7 Å². The SMILES string of the molecule is CCN1CCCN=C1c1cc(-c2ccccc2)nc2ccccc12. The van der Waals surface area contributed by atoms with E-state index in [2.05, 4.69) is 60.4 Å². The lowest BCUT2D eigenvalue weighted by Gasteiger charge is -2.29. The molecule has 0 bridgehead atoms. The molecule has 3 aromatic rings. The van der Waals surface area contributed by atoms with Gasteiger partial charge in [-0.2, -0.15) is 0 Å². The molecule has 0 N–H and O–H groups in total. The first-order valence-electron chi connectivity index (χ1n) is 8.62. The number of amidine groups is 1. The van der Waals surface area contributed by atoms with Crippen LogP contribution in [0.1, 0.15) is 18.9 Å². The average molecular weight is 315 g/mol. The molecule has 2 aromatic carbocycles. The molecular formula is C21H21N3. The molecule has 0 unspecified atom stereocenters. The molecule has 1 aromatic heterocycles. The van der Waals surface area contributed by atoms with Gasteiger partial charge in [0.15, 0.2) is 0 Å². The third-order valence-electron chi connectivity index (χ3n) is 4.56. The summed E-state index contributed by atoms with van der Waals surface area (Å²) in [4.78, 5) is 12.1. The van der Waals surface area contributed by atoms with Crippen LogP contribution in [0, 0.1) is 0 Å². The number of hydrogen-bond acceptors (Lipinski definition) is 3. The molecule has 0 aliphatic carbocycles. The van der Waals surface area contributed by atoms with Crippen LogP contribution in [-0.2, 0) is 0 Å². The third kappa shape index (κ3) is 2.67. The van der Waals surface area contributed by atoms with Crippen molar-refractivity contribution in [3.63, 3.8) is 0 Å². The number of fused-ring (bicyclic) bond motifs is 1. The maximum Gasteiger partial charge on any atom is 0.131 e. The van der Waals surface area contributed by atoms with Crippen molar-refractivity contribution in [2.24, 2.45) is 4.99 Å². The molecule has 0 atom stereocenters. The van der Waals surface area contributed by atoms with Crippen LogP contribution < -0.4 is 0 Å². The van der Waals surface area contributed by atoms with Crippen LogP contribution in [0.25, 0.3) is 22.2 Å². The van der Waals surface area contributed by atoms with E-state index in [1.54, 1.807) is 0 Å². The molecule has 0 saturated carbocycles. The highest BCUT2D eigenvalue weighted by Gasteiger charge is 2.19. The standard InChI is InChI=1S/C21H21N3/c1-2-24-14-8-13-22-21(24)18-15-20(16-9-4-3-5-10-16)23-19-12-7-6-11-17(18)19/h3-7,9-12,15H,2,8,13-14H2,1H3. The number of pyridine rings is 1. The number of para-hydroxylation sites is 1. The van der Waals surface area contributed by atoms with Gasteiger partial charge in [0.2, 0.25) is 0 Å². The van der Waals surface area contributed by atoms with Gasteiger partial charge in [0, 0.05) is 36.1 Å². The molecule has 0 spiro atoms. The van der Waals surface area contributed by atoms with E-state index in [4.69, 9.17) is 9.98 Å². The zero-order valence-electron chi connectivity index (χ0n) is 13.9.